The van der Waals surface area contributed by atoms with Crippen molar-refractivity contribution in [3.8, 4) is 17.2 Å². The molecule has 0 bridgehead atoms. The summed E-state index contributed by atoms with van der Waals surface area (Å²) in [5.74, 6) is 1.43. The van der Waals surface area contributed by atoms with Gasteiger partial charge in [-0.3, -0.25) is 9.69 Å². The number of aryl methyl sites for hydroxylation is 1. The summed E-state index contributed by atoms with van der Waals surface area (Å²) in [5.41, 5.74) is 4.48. The van der Waals surface area contributed by atoms with Crippen molar-refractivity contribution < 1.29 is 14.3 Å². The lowest BCUT2D eigenvalue weighted by atomic mass is 10.2. The first-order chi connectivity index (χ1) is 14.0. The number of nitrogens with zero attached hydrogens (tertiary/aromatic N) is 3. The standard InChI is InChI=1S/C22H24N4O3/c1-15-22(16(2)26(24-15)18-7-5-4-6-8-18)23-21(27)13-25(3)12-17-9-10-19-20(11-17)29-14-28-19/h4-11H,12-14H2,1-3H3,(H,23,27). The smallest absolute Gasteiger partial charge is 0.238 e. The van der Waals surface area contributed by atoms with Crippen molar-refractivity contribution in [3.05, 3.63) is 65.5 Å². The van der Waals surface area contributed by atoms with E-state index in [0.29, 0.717) is 6.54 Å². The van der Waals surface area contributed by atoms with Gasteiger partial charge in [0.15, 0.2) is 11.5 Å². The lowest BCUT2D eigenvalue weighted by Crippen LogP contribution is -2.30. The largest absolute Gasteiger partial charge is 0.454 e. The first-order valence-corrected chi connectivity index (χ1v) is 9.50. The minimum Gasteiger partial charge on any atom is -0.454 e. The minimum absolute atomic E-state index is 0.0768. The van der Waals surface area contributed by atoms with Gasteiger partial charge in [-0.15, -0.1) is 0 Å². The molecule has 29 heavy (non-hydrogen) atoms. The molecule has 0 saturated heterocycles. The molecule has 3 aromatic rings. The molecule has 0 aliphatic carbocycles. The van der Waals surface area contributed by atoms with Gasteiger partial charge in [0.1, 0.15) is 0 Å². The van der Waals surface area contributed by atoms with Crippen LogP contribution >= 0.6 is 0 Å². The number of ether oxygens (including phenoxy) is 2. The van der Waals surface area contributed by atoms with Crippen LogP contribution in [0.4, 0.5) is 5.69 Å². The number of carbonyl (C=O) groups excluding carboxylic acids is 1. The highest BCUT2D eigenvalue weighted by molar-refractivity contribution is 5.93. The third-order valence-corrected chi connectivity index (χ3v) is 4.86. The summed E-state index contributed by atoms with van der Waals surface area (Å²) in [6.45, 7) is 5.01. The lowest BCUT2D eigenvalue weighted by Gasteiger charge is -2.17. The molecule has 4 rings (SSSR count). The second kappa shape index (κ2) is 7.97. The van der Waals surface area contributed by atoms with E-state index in [1.165, 1.54) is 0 Å². The fourth-order valence-electron chi connectivity index (χ4n) is 3.48. The minimum atomic E-state index is -0.0768. The Morgan fingerprint density at radius 1 is 1.14 bits per heavy atom. The maximum atomic E-state index is 12.6. The molecular formula is C22H24N4O3. The number of nitrogens with one attached hydrogen (secondary N) is 1. The molecule has 1 N–H and O–H groups in total. The Morgan fingerprint density at radius 2 is 1.90 bits per heavy atom. The third-order valence-electron chi connectivity index (χ3n) is 4.86. The predicted molar refractivity (Wildman–Crippen MR) is 111 cm³/mol. The molecule has 7 nitrogen and oxygen atoms in total. The Morgan fingerprint density at radius 3 is 2.69 bits per heavy atom. The molecular weight excluding hydrogens is 368 g/mol. The number of amides is 1. The van der Waals surface area contributed by atoms with Gasteiger partial charge in [0.2, 0.25) is 12.7 Å². The van der Waals surface area contributed by atoms with Crippen LogP contribution in [-0.4, -0.2) is 41.0 Å². The molecule has 2 heterocycles. The summed E-state index contributed by atoms with van der Waals surface area (Å²) in [5, 5.41) is 7.59. The van der Waals surface area contributed by atoms with E-state index in [1.54, 1.807) is 0 Å². The number of carbonyl (C=O) groups is 1. The number of hydrogen-bond donors (Lipinski definition) is 1. The number of anilines is 1. The van der Waals surface area contributed by atoms with Crippen molar-refractivity contribution in [2.75, 3.05) is 25.7 Å². The summed E-state index contributed by atoms with van der Waals surface area (Å²) in [4.78, 5) is 14.6. The van der Waals surface area contributed by atoms with Gasteiger partial charge in [-0.25, -0.2) is 4.68 Å². The van der Waals surface area contributed by atoms with Gasteiger partial charge in [-0.2, -0.15) is 5.10 Å². The van der Waals surface area contributed by atoms with Crippen LogP contribution in [0, 0.1) is 13.8 Å². The zero-order chi connectivity index (χ0) is 20.4. The molecule has 0 unspecified atom stereocenters. The van der Waals surface area contributed by atoms with Crippen LogP contribution in [0.1, 0.15) is 17.0 Å². The molecule has 7 heteroatoms. The van der Waals surface area contributed by atoms with Crippen molar-refractivity contribution >= 4 is 11.6 Å². The fourth-order valence-corrected chi connectivity index (χ4v) is 3.48. The number of fused-ring (bicyclic) bond motifs is 1. The molecule has 2 aromatic carbocycles. The molecule has 1 aromatic heterocycles. The summed E-state index contributed by atoms with van der Waals surface area (Å²) in [7, 11) is 1.91. The second-order valence-electron chi connectivity index (χ2n) is 7.20. The van der Waals surface area contributed by atoms with Crippen LogP contribution in [0.2, 0.25) is 0 Å². The highest BCUT2D eigenvalue weighted by Crippen LogP contribution is 2.32. The summed E-state index contributed by atoms with van der Waals surface area (Å²) < 4.78 is 12.6. The number of para-hydroxylation sites is 1. The number of benzene rings is 2. The van der Waals surface area contributed by atoms with Crippen molar-refractivity contribution in [2.45, 2.75) is 20.4 Å². The summed E-state index contributed by atoms with van der Waals surface area (Å²) >= 11 is 0. The van der Waals surface area contributed by atoms with E-state index in [2.05, 4.69) is 10.4 Å². The average molecular weight is 392 g/mol. The fraction of sp³-hybridized carbons (Fsp3) is 0.273. The first kappa shape index (κ1) is 19.0. The van der Waals surface area contributed by atoms with E-state index < -0.39 is 0 Å². The van der Waals surface area contributed by atoms with E-state index in [-0.39, 0.29) is 19.2 Å². The zero-order valence-corrected chi connectivity index (χ0v) is 16.8. The monoisotopic (exact) mass is 392 g/mol. The molecule has 0 radical (unpaired) electrons. The van der Waals surface area contributed by atoms with E-state index >= 15 is 0 Å². The van der Waals surface area contributed by atoms with Gasteiger partial charge in [0.25, 0.3) is 0 Å². The first-order valence-electron chi connectivity index (χ1n) is 9.50. The van der Waals surface area contributed by atoms with E-state index in [4.69, 9.17) is 9.47 Å². The number of hydrogen-bond acceptors (Lipinski definition) is 5. The highest BCUT2D eigenvalue weighted by Gasteiger charge is 2.17. The molecule has 1 aliphatic heterocycles. The van der Waals surface area contributed by atoms with Crippen molar-refractivity contribution in [1.82, 2.24) is 14.7 Å². The Hall–Kier alpha value is -3.32. The van der Waals surface area contributed by atoms with Crippen LogP contribution in [-0.2, 0) is 11.3 Å². The van der Waals surface area contributed by atoms with Crippen LogP contribution in [0.3, 0.4) is 0 Å². The normalized spacial score (nSPS) is 12.4. The topological polar surface area (TPSA) is 68.6 Å². The van der Waals surface area contributed by atoms with E-state index in [1.807, 2.05) is 79.0 Å². The molecule has 150 valence electrons. The predicted octanol–water partition coefficient (Wildman–Crippen LogP) is 3.29. The second-order valence-corrected chi connectivity index (χ2v) is 7.20. The van der Waals surface area contributed by atoms with Crippen LogP contribution in [0.25, 0.3) is 5.69 Å². The van der Waals surface area contributed by atoms with E-state index in [0.717, 1.165) is 39.8 Å². The lowest BCUT2D eigenvalue weighted by molar-refractivity contribution is -0.117. The Labute approximate surface area is 169 Å². The van der Waals surface area contributed by atoms with Gasteiger partial charge < -0.3 is 14.8 Å². The van der Waals surface area contributed by atoms with E-state index in [9.17, 15) is 4.79 Å². The van der Waals surface area contributed by atoms with Crippen LogP contribution in [0.15, 0.2) is 48.5 Å². The highest BCUT2D eigenvalue weighted by atomic mass is 16.7. The number of likely N-dealkylation sites (N-methyl/N-ethyl adjacent to an activating group) is 1. The van der Waals surface area contributed by atoms with Gasteiger partial charge in [0.05, 0.1) is 29.3 Å². The zero-order valence-electron chi connectivity index (χ0n) is 16.8. The van der Waals surface area contributed by atoms with Crippen molar-refractivity contribution in [2.24, 2.45) is 0 Å². The third kappa shape index (κ3) is 4.09. The number of aromatic nitrogens is 2. The average Bonchev–Trinajstić information content (AvgIpc) is 3.28. The van der Waals surface area contributed by atoms with Crippen LogP contribution in [0.5, 0.6) is 11.5 Å². The summed E-state index contributed by atoms with van der Waals surface area (Å²) in [6, 6.07) is 15.7. The maximum absolute atomic E-state index is 12.6. The van der Waals surface area contributed by atoms with Gasteiger partial charge in [0, 0.05) is 6.54 Å². The quantitative estimate of drug-likeness (QED) is 0.697. The van der Waals surface area contributed by atoms with Gasteiger partial charge in [-0.05, 0) is 50.7 Å². The summed E-state index contributed by atoms with van der Waals surface area (Å²) in [6.07, 6.45) is 0. The molecule has 0 spiro atoms. The van der Waals surface area contributed by atoms with Gasteiger partial charge in [-0.1, -0.05) is 24.3 Å². The molecule has 1 aliphatic rings. The molecule has 0 saturated carbocycles. The van der Waals surface area contributed by atoms with Gasteiger partial charge >= 0.3 is 0 Å². The Balaban J connectivity index is 1.40. The Bertz CT molecular complexity index is 1030. The molecule has 1 amide bonds. The number of rotatable bonds is 6. The SMILES string of the molecule is Cc1nn(-c2ccccc2)c(C)c1NC(=O)CN(C)Cc1ccc2c(c1)OCO2. The Kier molecular flexibility index (Phi) is 5.22. The maximum Gasteiger partial charge on any atom is 0.238 e. The van der Waals surface area contributed by atoms with Crippen molar-refractivity contribution in [3.63, 3.8) is 0 Å². The molecule has 0 fully saturated rings. The molecule has 0 atom stereocenters. The van der Waals surface area contributed by atoms with Crippen molar-refractivity contribution in [1.29, 1.82) is 0 Å². The van der Waals surface area contributed by atoms with Crippen LogP contribution < -0.4 is 14.8 Å².